The Morgan fingerprint density at radius 3 is 1.40 bits per heavy atom. The van der Waals surface area contributed by atoms with Crippen molar-refractivity contribution in [1.29, 1.82) is 0 Å². The van der Waals surface area contributed by atoms with Crippen molar-refractivity contribution < 1.29 is 37.6 Å². The molecule has 0 radical (unpaired) electrons. The Hall–Kier alpha value is -0.500. The Balaban J connectivity index is 3.39. The first-order valence-corrected chi connectivity index (χ1v) is 19.3. The van der Waals surface area contributed by atoms with Crippen LogP contribution in [0.3, 0.4) is 0 Å². The molecule has 2 atom stereocenters. The minimum absolute atomic E-state index is 0.00504. The van der Waals surface area contributed by atoms with Crippen molar-refractivity contribution in [2.24, 2.45) is 0 Å². The highest BCUT2D eigenvalue weighted by Crippen LogP contribution is 2.38. The minimum atomic E-state index is -4.49. The summed E-state index contributed by atoms with van der Waals surface area (Å²) in [5, 5.41) is 9.85. The molecule has 0 aliphatic rings. The number of unbranched alkanes of at least 4 members (excludes halogenated alkanes) is 22. The molecule has 0 aromatic rings. The van der Waals surface area contributed by atoms with Gasteiger partial charge in [0.2, 0.25) is 0 Å². The van der Waals surface area contributed by atoms with E-state index in [1.165, 1.54) is 128 Å². The lowest BCUT2D eigenvalue weighted by Gasteiger charge is -2.27. The van der Waals surface area contributed by atoms with Crippen LogP contribution in [0.5, 0.6) is 0 Å². The molecule has 0 spiro atoms. The molecule has 0 heterocycles. The number of rotatable bonds is 33. The van der Waals surface area contributed by atoms with Gasteiger partial charge in [0.25, 0.3) is 7.82 Å². The number of hydrogen-bond acceptors (Lipinski definition) is 7. The van der Waals surface area contributed by atoms with Crippen molar-refractivity contribution >= 4 is 13.8 Å². The molecular formula is C34H70NO7P. The average molecular weight is 636 g/mol. The van der Waals surface area contributed by atoms with Crippen LogP contribution in [-0.4, -0.2) is 69.2 Å². The molecule has 0 amide bonds. The Bertz CT molecular complexity index is 672. The first-order chi connectivity index (χ1) is 20.6. The number of ether oxygens (including phenoxy) is 1. The normalized spacial score (nSPS) is 14.1. The van der Waals surface area contributed by atoms with Crippen molar-refractivity contribution in [3.63, 3.8) is 0 Å². The SMILES string of the molecule is CCCCCCCCCCCCCCCCCCCCCCCCCC(=O)OCC(O)COP(=O)([O-])OCC[N+](C)(C)C. The van der Waals surface area contributed by atoms with Crippen LogP contribution < -0.4 is 4.89 Å². The molecule has 258 valence electrons. The summed E-state index contributed by atoms with van der Waals surface area (Å²) in [7, 11) is 1.26. The molecule has 0 saturated heterocycles. The van der Waals surface area contributed by atoms with E-state index in [-0.39, 0.29) is 19.2 Å². The topological polar surface area (TPSA) is 105 Å². The number of carbonyl (C=O) groups is 1. The van der Waals surface area contributed by atoms with Gasteiger partial charge in [-0.3, -0.25) is 9.36 Å². The van der Waals surface area contributed by atoms with Gasteiger partial charge in [-0.05, 0) is 6.42 Å². The Morgan fingerprint density at radius 2 is 1.02 bits per heavy atom. The predicted octanol–water partition coefficient (Wildman–Crippen LogP) is 8.48. The van der Waals surface area contributed by atoms with Crippen LogP contribution in [0.1, 0.15) is 161 Å². The van der Waals surface area contributed by atoms with E-state index >= 15 is 0 Å². The highest BCUT2D eigenvalue weighted by molar-refractivity contribution is 7.45. The summed E-state index contributed by atoms with van der Waals surface area (Å²) >= 11 is 0. The molecule has 2 unspecified atom stereocenters. The van der Waals surface area contributed by atoms with E-state index in [2.05, 4.69) is 11.4 Å². The van der Waals surface area contributed by atoms with E-state index < -0.39 is 20.5 Å². The van der Waals surface area contributed by atoms with E-state index in [4.69, 9.17) is 9.26 Å². The van der Waals surface area contributed by atoms with Crippen molar-refractivity contribution in [2.45, 2.75) is 167 Å². The van der Waals surface area contributed by atoms with Gasteiger partial charge in [0.1, 0.15) is 25.9 Å². The second-order valence-electron chi connectivity index (χ2n) is 13.5. The number of esters is 1. The molecule has 0 aromatic carbocycles. The standard InChI is InChI=1S/C34H70NO7P/c1-5-6-7-8-9-10-11-12-13-14-15-16-17-18-19-20-21-22-23-24-25-26-27-28-34(37)40-31-33(36)32-42-43(38,39)41-30-29-35(2,3)4/h33,36H,5-32H2,1-4H3. The quantitative estimate of drug-likeness (QED) is 0.0334. The van der Waals surface area contributed by atoms with Crippen LogP contribution in [0.25, 0.3) is 0 Å². The maximum Gasteiger partial charge on any atom is 0.305 e. The summed E-state index contributed by atoms with van der Waals surface area (Å²) in [6.45, 7) is 1.98. The maximum absolute atomic E-state index is 11.9. The lowest BCUT2D eigenvalue weighted by Crippen LogP contribution is -2.37. The van der Waals surface area contributed by atoms with Gasteiger partial charge in [0, 0.05) is 6.42 Å². The van der Waals surface area contributed by atoms with Crippen LogP contribution in [0, 0.1) is 0 Å². The number of hydrogen-bond donors (Lipinski definition) is 1. The van der Waals surface area contributed by atoms with Crippen LogP contribution >= 0.6 is 7.82 Å². The smallest absolute Gasteiger partial charge is 0.305 e. The fourth-order valence-corrected chi connectivity index (χ4v) is 5.74. The molecule has 0 saturated carbocycles. The molecule has 0 aliphatic heterocycles. The second kappa shape index (κ2) is 28.9. The number of aliphatic hydroxyl groups excluding tert-OH is 1. The third-order valence-electron chi connectivity index (χ3n) is 7.86. The Labute approximate surface area is 265 Å². The van der Waals surface area contributed by atoms with Gasteiger partial charge in [-0.15, -0.1) is 0 Å². The summed E-state index contributed by atoms with van der Waals surface area (Å²) in [4.78, 5) is 23.6. The first-order valence-electron chi connectivity index (χ1n) is 17.8. The van der Waals surface area contributed by atoms with Gasteiger partial charge in [0.05, 0.1) is 27.7 Å². The molecule has 0 rings (SSSR count). The fourth-order valence-electron chi connectivity index (χ4n) is 5.01. The van der Waals surface area contributed by atoms with E-state index in [0.717, 1.165) is 19.3 Å². The molecule has 0 bridgehead atoms. The van der Waals surface area contributed by atoms with Crippen LogP contribution in [-0.2, 0) is 23.1 Å². The molecule has 1 N–H and O–H groups in total. The van der Waals surface area contributed by atoms with Crippen LogP contribution in [0.2, 0.25) is 0 Å². The second-order valence-corrected chi connectivity index (χ2v) is 14.9. The van der Waals surface area contributed by atoms with Gasteiger partial charge < -0.3 is 28.3 Å². The zero-order chi connectivity index (χ0) is 32.1. The Kier molecular flexibility index (Phi) is 28.6. The van der Waals surface area contributed by atoms with Gasteiger partial charge in [0.15, 0.2) is 0 Å². The molecular weight excluding hydrogens is 565 g/mol. The number of phosphoric acid groups is 1. The van der Waals surface area contributed by atoms with Crippen molar-refractivity contribution in [2.75, 3.05) is 47.5 Å². The van der Waals surface area contributed by atoms with Crippen LogP contribution in [0.4, 0.5) is 0 Å². The predicted molar refractivity (Wildman–Crippen MR) is 176 cm³/mol. The minimum Gasteiger partial charge on any atom is -0.756 e. The summed E-state index contributed by atoms with van der Waals surface area (Å²) in [6, 6.07) is 0. The Morgan fingerprint density at radius 1 is 0.651 bits per heavy atom. The van der Waals surface area contributed by atoms with Gasteiger partial charge >= 0.3 is 5.97 Å². The van der Waals surface area contributed by atoms with Crippen molar-refractivity contribution in [3.8, 4) is 0 Å². The number of aliphatic hydroxyl groups is 1. The molecule has 43 heavy (non-hydrogen) atoms. The molecule has 8 nitrogen and oxygen atoms in total. The van der Waals surface area contributed by atoms with Gasteiger partial charge in [-0.25, -0.2) is 0 Å². The summed E-state index contributed by atoms with van der Waals surface area (Å²) in [5.41, 5.74) is 0. The summed E-state index contributed by atoms with van der Waals surface area (Å²) in [5.74, 6) is -0.382. The monoisotopic (exact) mass is 635 g/mol. The number of nitrogens with zero attached hydrogens (tertiary/aromatic N) is 1. The largest absolute Gasteiger partial charge is 0.756 e. The summed E-state index contributed by atoms with van der Waals surface area (Å²) in [6.07, 6.45) is 29.7. The molecule has 0 fully saturated rings. The average Bonchev–Trinajstić information content (AvgIpc) is 2.94. The fraction of sp³-hybridized carbons (Fsp3) is 0.971. The highest BCUT2D eigenvalue weighted by atomic mass is 31.2. The first kappa shape index (κ1) is 42.5. The van der Waals surface area contributed by atoms with Gasteiger partial charge in [-0.1, -0.05) is 148 Å². The third kappa shape index (κ3) is 34.2. The maximum atomic E-state index is 11.9. The lowest BCUT2D eigenvalue weighted by molar-refractivity contribution is -0.870. The van der Waals surface area contributed by atoms with Crippen molar-refractivity contribution in [3.05, 3.63) is 0 Å². The lowest BCUT2D eigenvalue weighted by atomic mass is 10.0. The highest BCUT2D eigenvalue weighted by Gasteiger charge is 2.16. The molecule has 9 heteroatoms. The molecule has 0 aliphatic carbocycles. The molecule has 0 aromatic heterocycles. The summed E-state index contributed by atoms with van der Waals surface area (Å²) < 4.78 is 26.8. The van der Waals surface area contributed by atoms with E-state index in [9.17, 15) is 19.4 Å². The van der Waals surface area contributed by atoms with E-state index in [1.54, 1.807) is 0 Å². The zero-order valence-corrected chi connectivity index (χ0v) is 29.6. The third-order valence-corrected chi connectivity index (χ3v) is 8.82. The van der Waals surface area contributed by atoms with E-state index in [0.29, 0.717) is 17.4 Å². The van der Waals surface area contributed by atoms with Gasteiger partial charge in [-0.2, -0.15) is 0 Å². The van der Waals surface area contributed by atoms with Crippen molar-refractivity contribution in [1.82, 2.24) is 0 Å². The number of phosphoric ester groups is 1. The number of carbonyl (C=O) groups excluding carboxylic acids is 1. The van der Waals surface area contributed by atoms with E-state index in [1.807, 2.05) is 21.1 Å². The zero-order valence-electron chi connectivity index (χ0n) is 28.7. The number of quaternary nitrogens is 1. The number of likely N-dealkylation sites (N-methyl/N-ethyl adjacent to an activating group) is 1. The van der Waals surface area contributed by atoms with Crippen LogP contribution in [0.15, 0.2) is 0 Å².